The van der Waals surface area contributed by atoms with E-state index in [9.17, 15) is 4.79 Å². The van der Waals surface area contributed by atoms with Crippen molar-refractivity contribution in [1.29, 1.82) is 0 Å². The second-order valence-electron chi connectivity index (χ2n) is 4.79. The standard InChI is InChI=1S/C15H17ClIN3O/c1-3-4-8-20-14(16)13(10(2)19-20)15(21)18-12-7-5-6-11(17)9-12/h5-7,9H,3-4,8H2,1-2H3,(H,18,21). The fraction of sp³-hybridized carbons (Fsp3) is 0.333. The van der Waals surface area contributed by atoms with Gasteiger partial charge in [-0.05, 0) is 54.1 Å². The van der Waals surface area contributed by atoms with Crippen LogP contribution in [0.3, 0.4) is 0 Å². The first-order valence-electron chi connectivity index (χ1n) is 6.82. The molecule has 112 valence electrons. The van der Waals surface area contributed by atoms with Gasteiger partial charge in [0.25, 0.3) is 5.91 Å². The van der Waals surface area contributed by atoms with E-state index in [1.54, 1.807) is 11.6 Å². The van der Waals surface area contributed by atoms with E-state index in [1.807, 2.05) is 24.3 Å². The first-order chi connectivity index (χ1) is 10.0. The zero-order valence-electron chi connectivity index (χ0n) is 12.0. The topological polar surface area (TPSA) is 46.9 Å². The van der Waals surface area contributed by atoms with Crippen molar-refractivity contribution >= 4 is 45.8 Å². The number of aromatic nitrogens is 2. The highest BCUT2D eigenvalue weighted by Crippen LogP contribution is 2.22. The van der Waals surface area contributed by atoms with E-state index < -0.39 is 0 Å². The third kappa shape index (κ3) is 3.97. The van der Waals surface area contributed by atoms with Crippen molar-refractivity contribution in [2.75, 3.05) is 5.32 Å². The summed E-state index contributed by atoms with van der Waals surface area (Å²) in [6.07, 6.45) is 2.04. The van der Waals surface area contributed by atoms with E-state index in [0.29, 0.717) is 16.4 Å². The van der Waals surface area contributed by atoms with Crippen molar-refractivity contribution in [3.63, 3.8) is 0 Å². The SMILES string of the molecule is CCCCn1nc(C)c(C(=O)Nc2cccc(I)c2)c1Cl. The van der Waals surface area contributed by atoms with Crippen LogP contribution in [0, 0.1) is 10.5 Å². The van der Waals surface area contributed by atoms with Gasteiger partial charge in [0.05, 0.1) is 11.3 Å². The molecule has 0 saturated carbocycles. The highest BCUT2D eigenvalue weighted by atomic mass is 127. The molecule has 0 atom stereocenters. The highest BCUT2D eigenvalue weighted by Gasteiger charge is 2.20. The molecule has 0 spiro atoms. The van der Waals surface area contributed by atoms with Crippen LogP contribution in [-0.2, 0) is 6.54 Å². The smallest absolute Gasteiger partial charge is 0.260 e. The van der Waals surface area contributed by atoms with Gasteiger partial charge >= 0.3 is 0 Å². The molecule has 0 aliphatic heterocycles. The summed E-state index contributed by atoms with van der Waals surface area (Å²) >= 11 is 8.50. The minimum atomic E-state index is -0.220. The molecule has 0 aliphatic rings. The molecule has 1 aromatic heterocycles. The number of hydrogen-bond donors (Lipinski definition) is 1. The number of aryl methyl sites for hydroxylation is 2. The molecule has 0 radical (unpaired) electrons. The third-order valence-corrected chi connectivity index (χ3v) is 4.15. The lowest BCUT2D eigenvalue weighted by molar-refractivity contribution is 0.102. The van der Waals surface area contributed by atoms with Gasteiger partial charge in [0, 0.05) is 15.8 Å². The summed E-state index contributed by atoms with van der Waals surface area (Å²) in [5, 5.41) is 7.63. The van der Waals surface area contributed by atoms with Gasteiger partial charge in [0.2, 0.25) is 0 Å². The summed E-state index contributed by atoms with van der Waals surface area (Å²) in [6.45, 7) is 4.64. The summed E-state index contributed by atoms with van der Waals surface area (Å²) in [4.78, 5) is 12.4. The fourth-order valence-corrected chi connectivity index (χ4v) is 2.92. The molecule has 6 heteroatoms. The van der Waals surface area contributed by atoms with Crippen molar-refractivity contribution in [2.45, 2.75) is 33.2 Å². The molecule has 0 saturated heterocycles. The predicted molar refractivity (Wildman–Crippen MR) is 94.0 cm³/mol. The Morgan fingerprint density at radius 1 is 1.48 bits per heavy atom. The van der Waals surface area contributed by atoms with Crippen LogP contribution < -0.4 is 5.32 Å². The van der Waals surface area contributed by atoms with E-state index in [1.165, 1.54) is 0 Å². The average Bonchev–Trinajstić information content (AvgIpc) is 2.71. The van der Waals surface area contributed by atoms with Crippen LogP contribution in [0.15, 0.2) is 24.3 Å². The van der Waals surface area contributed by atoms with Crippen molar-refractivity contribution in [1.82, 2.24) is 9.78 Å². The lowest BCUT2D eigenvalue weighted by Gasteiger charge is -2.06. The van der Waals surface area contributed by atoms with Crippen LogP contribution in [0.1, 0.15) is 35.8 Å². The van der Waals surface area contributed by atoms with Crippen LogP contribution in [0.25, 0.3) is 0 Å². The number of unbranched alkanes of at least 4 members (excludes halogenated alkanes) is 1. The maximum Gasteiger partial charge on any atom is 0.260 e. The number of hydrogen-bond acceptors (Lipinski definition) is 2. The largest absolute Gasteiger partial charge is 0.322 e. The normalized spacial score (nSPS) is 10.7. The summed E-state index contributed by atoms with van der Waals surface area (Å²) in [5.41, 5.74) is 1.86. The molecule has 2 aromatic rings. The first-order valence-corrected chi connectivity index (χ1v) is 8.28. The number of amides is 1. The number of carbonyl (C=O) groups is 1. The second kappa shape index (κ2) is 7.26. The van der Waals surface area contributed by atoms with E-state index in [2.05, 4.69) is 39.9 Å². The molecule has 1 aromatic carbocycles. The molecule has 1 amide bonds. The second-order valence-corrected chi connectivity index (χ2v) is 6.40. The molecule has 21 heavy (non-hydrogen) atoms. The Labute approximate surface area is 143 Å². The number of nitrogens with one attached hydrogen (secondary N) is 1. The minimum absolute atomic E-state index is 0.220. The fourth-order valence-electron chi connectivity index (χ4n) is 2.03. The van der Waals surface area contributed by atoms with Crippen LogP contribution in [0.4, 0.5) is 5.69 Å². The lowest BCUT2D eigenvalue weighted by Crippen LogP contribution is -2.13. The average molecular weight is 418 g/mol. The van der Waals surface area contributed by atoms with Gasteiger partial charge in [0.1, 0.15) is 5.15 Å². The maximum absolute atomic E-state index is 12.4. The summed E-state index contributed by atoms with van der Waals surface area (Å²) < 4.78 is 2.76. The first kappa shape index (κ1) is 16.3. The predicted octanol–water partition coefficient (Wildman–Crippen LogP) is 4.50. The number of halogens is 2. The van der Waals surface area contributed by atoms with Crippen molar-refractivity contribution in [3.05, 3.63) is 44.2 Å². The Kier molecular flexibility index (Phi) is 5.64. The molecule has 0 unspecified atom stereocenters. The Bertz CT molecular complexity index is 654. The number of carbonyl (C=O) groups excluding carboxylic acids is 1. The maximum atomic E-state index is 12.4. The van der Waals surface area contributed by atoms with Crippen LogP contribution in [0.5, 0.6) is 0 Å². The Hall–Kier alpha value is -1.08. The van der Waals surface area contributed by atoms with Gasteiger partial charge in [-0.25, -0.2) is 0 Å². The molecular weight excluding hydrogens is 401 g/mol. The number of anilines is 1. The van der Waals surface area contributed by atoms with Crippen molar-refractivity contribution < 1.29 is 4.79 Å². The van der Waals surface area contributed by atoms with Crippen LogP contribution in [0.2, 0.25) is 5.15 Å². The minimum Gasteiger partial charge on any atom is -0.322 e. The quantitative estimate of drug-likeness (QED) is 0.728. The summed E-state index contributed by atoms with van der Waals surface area (Å²) in [6, 6.07) is 7.63. The molecule has 1 heterocycles. The van der Waals surface area contributed by atoms with E-state index >= 15 is 0 Å². The van der Waals surface area contributed by atoms with Gasteiger partial charge in [-0.1, -0.05) is 31.0 Å². The molecule has 0 bridgehead atoms. The Morgan fingerprint density at radius 2 is 2.24 bits per heavy atom. The lowest BCUT2D eigenvalue weighted by atomic mass is 10.2. The van der Waals surface area contributed by atoms with Gasteiger partial charge < -0.3 is 5.32 Å². The van der Waals surface area contributed by atoms with Crippen molar-refractivity contribution in [3.8, 4) is 0 Å². The Morgan fingerprint density at radius 3 is 2.90 bits per heavy atom. The number of rotatable bonds is 5. The molecule has 2 rings (SSSR count). The summed E-state index contributed by atoms with van der Waals surface area (Å²) in [7, 11) is 0. The highest BCUT2D eigenvalue weighted by molar-refractivity contribution is 14.1. The monoisotopic (exact) mass is 417 g/mol. The van der Waals surface area contributed by atoms with Crippen molar-refractivity contribution in [2.24, 2.45) is 0 Å². The van der Waals surface area contributed by atoms with Crippen LogP contribution >= 0.6 is 34.2 Å². The van der Waals surface area contributed by atoms with Gasteiger partial charge in [0.15, 0.2) is 0 Å². The van der Waals surface area contributed by atoms with Gasteiger partial charge in [-0.3, -0.25) is 9.48 Å². The molecule has 0 fully saturated rings. The number of nitrogens with zero attached hydrogens (tertiary/aromatic N) is 2. The molecule has 1 N–H and O–H groups in total. The summed E-state index contributed by atoms with van der Waals surface area (Å²) in [5.74, 6) is -0.220. The van der Waals surface area contributed by atoms with E-state index in [-0.39, 0.29) is 5.91 Å². The van der Waals surface area contributed by atoms with E-state index in [0.717, 1.165) is 28.6 Å². The van der Waals surface area contributed by atoms with Crippen LogP contribution in [-0.4, -0.2) is 15.7 Å². The Balaban J connectivity index is 2.21. The molecular formula is C15H17ClIN3O. The van der Waals surface area contributed by atoms with E-state index in [4.69, 9.17) is 11.6 Å². The van der Waals surface area contributed by atoms with Gasteiger partial charge in [-0.15, -0.1) is 0 Å². The molecule has 4 nitrogen and oxygen atoms in total. The van der Waals surface area contributed by atoms with Gasteiger partial charge in [-0.2, -0.15) is 5.10 Å². The zero-order chi connectivity index (χ0) is 15.4. The number of benzene rings is 1. The third-order valence-electron chi connectivity index (χ3n) is 3.10. The molecule has 0 aliphatic carbocycles. The zero-order valence-corrected chi connectivity index (χ0v) is 14.9.